The van der Waals surface area contributed by atoms with Gasteiger partial charge in [0.25, 0.3) is 0 Å². The largest absolute Gasteiger partial charge is 0.368 e. The van der Waals surface area contributed by atoms with E-state index < -0.39 is 37.0 Å². The maximum Gasteiger partial charge on any atom is 0.186 e. The molecule has 0 radical (unpaired) electrons. The van der Waals surface area contributed by atoms with Crippen molar-refractivity contribution < 1.29 is 28.4 Å². The fraction of sp³-hybridized carbons (Fsp3) is 0.379. The lowest BCUT2D eigenvalue weighted by Gasteiger charge is -2.48. The number of ether oxygens (including phenoxy) is 6. The number of rotatable bonds is 10. The van der Waals surface area contributed by atoms with Crippen molar-refractivity contribution in [2.45, 2.75) is 56.8 Å². The van der Waals surface area contributed by atoms with Crippen molar-refractivity contribution in [3.8, 4) is 0 Å². The van der Waals surface area contributed by atoms with Crippen LogP contribution in [0.1, 0.15) is 28.5 Å². The normalized spacial score (nSPS) is 26.8. The van der Waals surface area contributed by atoms with Crippen molar-refractivity contribution in [3.63, 3.8) is 0 Å². The number of methoxy groups -OCH3 is 1. The second kappa shape index (κ2) is 13.0. The number of hydrogen-bond donors (Lipinski definition) is 0. The Morgan fingerprint density at radius 3 is 2.26 bits per heavy atom. The van der Waals surface area contributed by atoms with Gasteiger partial charge in [0.2, 0.25) is 0 Å². The highest BCUT2D eigenvalue weighted by molar-refractivity contribution is 5.26. The van der Waals surface area contributed by atoms with Crippen LogP contribution < -0.4 is 0 Å². The predicted octanol–water partition coefficient (Wildman–Crippen LogP) is 5.45. The van der Waals surface area contributed by atoms with Crippen LogP contribution in [0.15, 0.2) is 90.0 Å². The molecule has 0 saturated carbocycles. The van der Waals surface area contributed by atoms with E-state index in [-0.39, 0.29) is 13.2 Å². The van der Waals surface area contributed by atoms with Crippen molar-refractivity contribution in [1.29, 1.82) is 0 Å². The van der Waals surface area contributed by atoms with Gasteiger partial charge in [-0.1, -0.05) is 90.0 Å². The average molecular weight is 518 g/mol. The van der Waals surface area contributed by atoms with Gasteiger partial charge in [-0.3, -0.25) is 0 Å². The molecule has 38 heavy (non-hydrogen) atoms. The minimum absolute atomic E-state index is 0.241. The van der Waals surface area contributed by atoms with E-state index in [1.54, 1.807) is 7.11 Å². The lowest BCUT2D eigenvalue weighted by molar-refractivity contribution is -0.369. The first-order valence-electron chi connectivity index (χ1n) is 12.6. The Hall–Kier alpha value is -3.27. The molecule has 0 unspecified atom stereocenters. The first-order valence-corrected chi connectivity index (χ1v) is 12.6. The van der Waals surface area contributed by atoms with E-state index in [4.69, 9.17) is 34.0 Å². The first kappa shape index (κ1) is 26.3. The molecule has 3 aromatic carbocycles. The third-order valence-electron chi connectivity index (χ3n) is 6.73. The SMILES string of the molecule is CO[C@H]1O[C@@H]2CO[C@@H](c3ccccc3)O[C@H]2[C@H](OCc2ccccc2CN=[N+]=[N-])[C@H]1OCc1ccccc1. The Bertz CT molecular complexity index is 1200. The fourth-order valence-corrected chi connectivity index (χ4v) is 4.79. The minimum Gasteiger partial charge on any atom is -0.368 e. The fourth-order valence-electron chi connectivity index (χ4n) is 4.79. The maximum atomic E-state index is 8.80. The topological polar surface area (TPSA) is 104 Å². The van der Waals surface area contributed by atoms with E-state index in [0.717, 1.165) is 22.3 Å². The standard InChI is InChI=1S/C29H31N3O6/c1-33-29-27(34-17-20-10-4-2-5-11-20)26(35-18-23-15-9-8-14-22(23)16-31-32-30)25-24(37-29)19-36-28(38-25)21-12-6-3-7-13-21/h2-15,24-29H,16-19H2,1H3/t24-,25-,26+,27-,28-,29+/m1/s1. The lowest BCUT2D eigenvalue weighted by atomic mass is 9.97. The third kappa shape index (κ3) is 6.23. The highest BCUT2D eigenvalue weighted by Crippen LogP contribution is 2.37. The summed E-state index contributed by atoms with van der Waals surface area (Å²) < 4.78 is 37.4. The average Bonchev–Trinajstić information content (AvgIpc) is 2.98. The number of nitrogens with zero attached hydrogens (tertiary/aromatic N) is 3. The van der Waals surface area contributed by atoms with E-state index in [1.807, 2.05) is 84.9 Å². The zero-order valence-corrected chi connectivity index (χ0v) is 21.2. The van der Waals surface area contributed by atoms with Crippen LogP contribution in [-0.2, 0) is 48.2 Å². The summed E-state index contributed by atoms with van der Waals surface area (Å²) in [5.74, 6) is 0. The first-order chi connectivity index (χ1) is 18.8. The summed E-state index contributed by atoms with van der Waals surface area (Å²) in [4.78, 5) is 2.90. The zero-order valence-electron chi connectivity index (χ0n) is 21.2. The molecule has 0 aromatic heterocycles. The number of hydrogen-bond acceptors (Lipinski definition) is 7. The molecule has 0 N–H and O–H groups in total. The van der Waals surface area contributed by atoms with Crippen molar-refractivity contribution in [3.05, 3.63) is 118 Å². The van der Waals surface area contributed by atoms with Crippen LogP contribution in [0, 0.1) is 0 Å². The van der Waals surface area contributed by atoms with Gasteiger partial charge in [0.05, 0.1) is 26.4 Å². The van der Waals surface area contributed by atoms with Crippen molar-refractivity contribution in [1.82, 2.24) is 0 Å². The van der Waals surface area contributed by atoms with Gasteiger partial charge in [-0.2, -0.15) is 0 Å². The van der Waals surface area contributed by atoms with Gasteiger partial charge in [0.15, 0.2) is 12.6 Å². The third-order valence-corrected chi connectivity index (χ3v) is 6.73. The van der Waals surface area contributed by atoms with Crippen molar-refractivity contribution in [2.24, 2.45) is 5.11 Å². The number of benzene rings is 3. The Morgan fingerprint density at radius 1 is 0.842 bits per heavy atom. The van der Waals surface area contributed by atoms with Gasteiger partial charge in [-0.05, 0) is 22.2 Å². The molecule has 0 aliphatic carbocycles. The molecule has 2 heterocycles. The van der Waals surface area contributed by atoms with Gasteiger partial charge in [-0.25, -0.2) is 0 Å². The van der Waals surface area contributed by atoms with Gasteiger partial charge >= 0.3 is 0 Å². The van der Waals surface area contributed by atoms with Gasteiger partial charge in [-0.15, -0.1) is 0 Å². The molecule has 2 saturated heterocycles. The van der Waals surface area contributed by atoms with E-state index in [1.165, 1.54) is 0 Å². The highest BCUT2D eigenvalue weighted by Gasteiger charge is 2.51. The van der Waals surface area contributed by atoms with E-state index in [9.17, 15) is 0 Å². The van der Waals surface area contributed by atoms with E-state index in [0.29, 0.717) is 13.2 Å². The molecule has 9 nitrogen and oxygen atoms in total. The van der Waals surface area contributed by atoms with Gasteiger partial charge in [0.1, 0.15) is 24.4 Å². The monoisotopic (exact) mass is 517 g/mol. The van der Waals surface area contributed by atoms with Crippen LogP contribution in [-0.4, -0.2) is 44.4 Å². The van der Waals surface area contributed by atoms with E-state index in [2.05, 4.69) is 10.0 Å². The Kier molecular flexibility index (Phi) is 9.01. The molecule has 0 amide bonds. The number of azide groups is 1. The minimum atomic E-state index is -0.677. The maximum absolute atomic E-state index is 8.80. The molecule has 0 bridgehead atoms. The smallest absolute Gasteiger partial charge is 0.186 e. The van der Waals surface area contributed by atoms with Gasteiger partial charge in [0, 0.05) is 17.6 Å². The molecule has 5 rings (SSSR count). The number of fused-ring (bicyclic) bond motifs is 1. The second-order valence-electron chi connectivity index (χ2n) is 9.15. The molecule has 2 aliphatic heterocycles. The molecule has 0 spiro atoms. The molecule has 9 heteroatoms. The summed E-state index contributed by atoms with van der Waals surface area (Å²) in [7, 11) is 1.59. The Morgan fingerprint density at radius 2 is 1.53 bits per heavy atom. The van der Waals surface area contributed by atoms with Crippen LogP contribution >= 0.6 is 0 Å². The summed E-state index contributed by atoms with van der Waals surface area (Å²) in [6.07, 6.45) is -3.20. The molecular formula is C29H31N3O6. The zero-order chi connectivity index (χ0) is 26.2. The molecular weight excluding hydrogens is 486 g/mol. The molecule has 198 valence electrons. The predicted molar refractivity (Wildman–Crippen MR) is 139 cm³/mol. The van der Waals surface area contributed by atoms with Crippen LogP contribution in [0.25, 0.3) is 10.4 Å². The molecule has 2 fully saturated rings. The lowest BCUT2D eigenvalue weighted by Crippen LogP contribution is -2.63. The molecule has 3 aromatic rings. The van der Waals surface area contributed by atoms with Crippen LogP contribution in [0.5, 0.6) is 0 Å². The van der Waals surface area contributed by atoms with Crippen LogP contribution in [0.3, 0.4) is 0 Å². The van der Waals surface area contributed by atoms with E-state index >= 15 is 0 Å². The van der Waals surface area contributed by atoms with Crippen molar-refractivity contribution in [2.75, 3.05) is 13.7 Å². The highest BCUT2D eigenvalue weighted by atomic mass is 16.8. The van der Waals surface area contributed by atoms with Gasteiger partial charge < -0.3 is 28.4 Å². The summed E-state index contributed by atoms with van der Waals surface area (Å²) >= 11 is 0. The Balaban J connectivity index is 1.41. The van der Waals surface area contributed by atoms with Crippen LogP contribution in [0.2, 0.25) is 0 Å². The summed E-state index contributed by atoms with van der Waals surface area (Å²) in [5.41, 5.74) is 12.6. The second-order valence-corrected chi connectivity index (χ2v) is 9.15. The summed E-state index contributed by atoms with van der Waals surface area (Å²) in [6, 6.07) is 27.5. The Labute approximate surface area is 221 Å². The quantitative estimate of drug-likeness (QED) is 0.201. The van der Waals surface area contributed by atoms with Crippen LogP contribution in [0.4, 0.5) is 0 Å². The summed E-state index contributed by atoms with van der Waals surface area (Å²) in [6.45, 7) is 1.19. The molecule has 6 atom stereocenters. The summed E-state index contributed by atoms with van der Waals surface area (Å²) in [5, 5.41) is 3.73. The molecule has 2 aliphatic rings. The van der Waals surface area contributed by atoms with Crippen molar-refractivity contribution >= 4 is 0 Å².